The van der Waals surface area contributed by atoms with E-state index < -0.39 is 0 Å². The van der Waals surface area contributed by atoms with E-state index in [-0.39, 0.29) is 5.97 Å². The van der Waals surface area contributed by atoms with Crippen LogP contribution in [0.1, 0.15) is 84.0 Å². The fraction of sp³-hybridized carbons (Fsp3) is 0.609. The second-order valence-electron chi connectivity index (χ2n) is 6.26. The summed E-state index contributed by atoms with van der Waals surface area (Å²) >= 11 is 0. The largest absolute Gasteiger partial charge is 0.469 e. The van der Waals surface area contributed by atoms with E-state index >= 15 is 0 Å². The Morgan fingerprint density at radius 3 is 1.64 bits per heavy atom. The molecule has 0 aliphatic heterocycles. The van der Waals surface area contributed by atoms with E-state index in [1.807, 2.05) is 0 Å². The van der Waals surface area contributed by atoms with Crippen LogP contribution in [0, 0.1) is 0 Å². The van der Waals surface area contributed by atoms with Gasteiger partial charge in [0, 0.05) is 6.42 Å². The van der Waals surface area contributed by atoms with E-state index in [0.29, 0.717) is 6.42 Å². The molecule has 0 rings (SSSR count). The summed E-state index contributed by atoms with van der Waals surface area (Å²) in [5, 5.41) is 0. The van der Waals surface area contributed by atoms with Crippen molar-refractivity contribution in [1.29, 1.82) is 0 Å². The standard InChI is InChI=1S/C23H38O2/c1-3-4-5-6-7-8-9-10-11-12-13-14-15-16-17-18-19-20-21-22-23(24)25-2/h7-8,10-11,13-14,16-17H,3-6,9,12,15,18-22H2,1-2H3/b8-7+,11-10+,14-13-,17-16-. The molecule has 25 heavy (non-hydrogen) atoms. The molecule has 2 heteroatoms. The van der Waals surface area contributed by atoms with Gasteiger partial charge in [0.25, 0.3) is 0 Å². The number of ether oxygens (including phenoxy) is 1. The molecule has 2 nitrogen and oxygen atoms in total. The maximum absolute atomic E-state index is 10.9. The molecule has 0 aliphatic carbocycles. The summed E-state index contributed by atoms with van der Waals surface area (Å²) < 4.78 is 4.62. The van der Waals surface area contributed by atoms with Crippen LogP contribution in [0.25, 0.3) is 0 Å². The zero-order valence-corrected chi connectivity index (χ0v) is 16.4. The van der Waals surface area contributed by atoms with E-state index in [1.54, 1.807) is 0 Å². The molecule has 0 heterocycles. The van der Waals surface area contributed by atoms with E-state index in [1.165, 1.54) is 32.8 Å². The predicted molar refractivity (Wildman–Crippen MR) is 110 cm³/mol. The monoisotopic (exact) mass is 346 g/mol. The van der Waals surface area contributed by atoms with Gasteiger partial charge < -0.3 is 4.74 Å². The fourth-order valence-electron chi connectivity index (χ4n) is 2.37. The van der Waals surface area contributed by atoms with Crippen LogP contribution in [0.2, 0.25) is 0 Å². The smallest absolute Gasteiger partial charge is 0.305 e. The van der Waals surface area contributed by atoms with Crippen molar-refractivity contribution in [1.82, 2.24) is 0 Å². The summed E-state index contributed by atoms with van der Waals surface area (Å²) in [5.41, 5.74) is 0. The second-order valence-corrected chi connectivity index (χ2v) is 6.26. The van der Waals surface area contributed by atoms with Gasteiger partial charge in [-0.1, -0.05) is 74.8 Å². The van der Waals surface area contributed by atoms with Crippen molar-refractivity contribution in [2.45, 2.75) is 84.0 Å². The molecule has 0 atom stereocenters. The summed E-state index contributed by atoms with van der Waals surface area (Å²) in [6.45, 7) is 2.24. The topological polar surface area (TPSA) is 26.3 Å². The molecule has 0 bridgehead atoms. The Balaban J connectivity index is 3.39. The first-order chi connectivity index (χ1) is 12.3. The SMILES string of the molecule is CCCCC/C=C/C/C=C/C/C=C\C/C=C\CCCCCC(=O)OC. The number of rotatable bonds is 16. The van der Waals surface area contributed by atoms with Crippen LogP contribution < -0.4 is 0 Å². The Morgan fingerprint density at radius 1 is 0.680 bits per heavy atom. The highest BCUT2D eigenvalue weighted by Crippen LogP contribution is 2.05. The van der Waals surface area contributed by atoms with Crippen molar-refractivity contribution in [3.05, 3.63) is 48.6 Å². The molecule has 0 unspecified atom stereocenters. The average Bonchev–Trinajstić information content (AvgIpc) is 2.63. The third-order valence-corrected chi connectivity index (χ3v) is 3.94. The first kappa shape index (κ1) is 23.4. The van der Waals surface area contributed by atoms with Crippen LogP contribution >= 0.6 is 0 Å². The Morgan fingerprint density at radius 2 is 1.16 bits per heavy atom. The molecule has 0 saturated carbocycles. The summed E-state index contributed by atoms with van der Waals surface area (Å²) in [6.07, 6.45) is 31.0. The molecule has 0 aromatic heterocycles. The highest BCUT2D eigenvalue weighted by atomic mass is 16.5. The van der Waals surface area contributed by atoms with E-state index in [4.69, 9.17) is 0 Å². The van der Waals surface area contributed by atoms with E-state index in [2.05, 4.69) is 60.3 Å². The molecule has 0 fully saturated rings. The molecule has 0 aromatic carbocycles. The number of unbranched alkanes of at least 4 members (excludes halogenated alkanes) is 6. The lowest BCUT2D eigenvalue weighted by molar-refractivity contribution is -0.140. The van der Waals surface area contributed by atoms with Crippen molar-refractivity contribution >= 4 is 5.97 Å². The number of carbonyl (C=O) groups is 1. The summed E-state index contributed by atoms with van der Waals surface area (Å²) in [7, 11) is 1.45. The summed E-state index contributed by atoms with van der Waals surface area (Å²) in [6, 6.07) is 0. The van der Waals surface area contributed by atoms with Crippen molar-refractivity contribution in [3.8, 4) is 0 Å². The van der Waals surface area contributed by atoms with E-state index in [9.17, 15) is 4.79 Å². The second kappa shape index (κ2) is 20.5. The first-order valence-corrected chi connectivity index (χ1v) is 9.98. The van der Waals surface area contributed by atoms with Gasteiger partial charge in [0.15, 0.2) is 0 Å². The lowest BCUT2D eigenvalue weighted by Crippen LogP contribution is -1.98. The van der Waals surface area contributed by atoms with Crippen LogP contribution in [0.4, 0.5) is 0 Å². The molecule has 0 spiro atoms. The molecular weight excluding hydrogens is 308 g/mol. The van der Waals surface area contributed by atoms with Gasteiger partial charge in [-0.25, -0.2) is 0 Å². The summed E-state index contributed by atoms with van der Waals surface area (Å²) in [5.74, 6) is -0.0993. The quantitative estimate of drug-likeness (QED) is 0.169. The number of esters is 1. The van der Waals surface area contributed by atoms with Gasteiger partial charge in [0.1, 0.15) is 0 Å². The molecule has 0 aromatic rings. The van der Waals surface area contributed by atoms with Gasteiger partial charge >= 0.3 is 5.97 Å². The van der Waals surface area contributed by atoms with Crippen LogP contribution in [0.5, 0.6) is 0 Å². The number of hydrogen-bond donors (Lipinski definition) is 0. The molecule has 0 N–H and O–H groups in total. The number of methoxy groups -OCH3 is 1. The zero-order valence-electron chi connectivity index (χ0n) is 16.4. The Kier molecular flexibility index (Phi) is 19.2. The van der Waals surface area contributed by atoms with E-state index in [0.717, 1.165) is 44.9 Å². The summed E-state index contributed by atoms with van der Waals surface area (Å²) in [4.78, 5) is 10.9. The minimum atomic E-state index is -0.0993. The molecular formula is C23H38O2. The minimum absolute atomic E-state index is 0.0993. The lowest BCUT2D eigenvalue weighted by atomic mass is 10.1. The van der Waals surface area contributed by atoms with Gasteiger partial charge in [-0.15, -0.1) is 0 Å². The lowest BCUT2D eigenvalue weighted by Gasteiger charge is -1.98. The highest BCUT2D eigenvalue weighted by molar-refractivity contribution is 5.68. The normalized spacial score (nSPS) is 12.2. The van der Waals surface area contributed by atoms with Crippen LogP contribution in [0.3, 0.4) is 0 Å². The molecule has 0 saturated heterocycles. The number of carbonyl (C=O) groups excluding carboxylic acids is 1. The fourth-order valence-corrected chi connectivity index (χ4v) is 2.37. The van der Waals surface area contributed by atoms with Crippen molar-refractivity contribution in [2.75, 3.05) is 7.11 Å². The van der Waals surface area contributed by atoms with Gasteiger partial charge in [-0.05, 0) is 51.4 Å². The van der Waals surface area contributed by atoms with Crippen molar-refractivity contribution < 1.29 is 9.53 Å². The Bertz CT molecular complexity index is 402. The maximum Gasteiger partial charge on any atom is 0.305 e. The van der Waals surface area contributed by atoms with Crippen molar-refractivity contribution in [2.24, 2.45) is 0 Å². The third-order valence-electron chi connectivity index (χ3n) is 3.94. The van der Waals surface area contributed by atoms with Crippen LogP contribution in [-0.4, -0.2) is 13.1 Å². The van der Waals surface area contributed by atoms with Gasteiger partial charge in [-0.3, -0.25) is 4.79 Å². The number of allylic oxidation sites excluding steroid dienone is 8. The highest BCUT2D eigenvalue weighted by Gasteiger charge is 1.97. The minimum Gasteiger partial charge on any atom is -0.469 e. The van der Waals surface area contributed by atoms with Gasteiger partial charge in [-0.2, -0.15) is 0 Å². The third kappa shape index (κ3) is 20.4. The van der Waals surface area contributed by atoms with Crippen LogP contribution in [0.15, 0.2) is 48.6 Å². The van der Waals surface area contributed by atoms with Gasteiger partial charge in [0.2, 0.25) is 0 Å². The Labute approximate surface area is 155 Å². The molecule has 0 radical (unpaired) electrons. The molecule has 0 amide bonds. The zero-order chi connectivity index (χ0) is 18.4. The Hall–Kier alpha value is -1.57. The molecule has 142 valence electrons. The first-order valence-electron chi connectivity index (χ1n) is 9.98. The number of hydrogen-bond acceptors (Lipinski definition) is 2. The average molecular weight is 347 g/mol. The van der Waals surface area contributed by atoms with Crippen molar-refractivity contribution in [3.63, 3.8) is 0 Å². The van der Waals surface area contributed by atoms with Gasteiger partial charge in [0.05, 0.1) is 7.11 Å². The maximum atomic E-state index is 10.9. The molecule has 0 aliphatic rings. The van der Waals surface area contributed by atoms with Crippen LogP contribution in [-0.2, 0) is 9.53 Å². The predicted octanol–water partition coefficient (Wildman–Crippen LogP) is 7.09.